The maximum Gasteiger partial charge on any atom is 0.0183 e. The van der Waals surface area contributed by atoms with Crippen LogP contribution in [0.3, 0.4) is 0 Å². The lowest BCUT2D eigenvalue weighted by Gasteiger charge is -2.66. The maximum atomic E-state index is 2.97. The largest absolute Gasteiger partial charge is 0.291 e. The van der Waals surface area contributed by atoms with E-state index < -0.39 is 0 Å². The maximum absolute atomic E-state index is 2.97. The summed E-state index contributed by atoms with van der Waals surface area (Å²) in [6.07, 6.45) is 1.28. The fraction of sp³-hybridized carbons (Fsp3) is 1.00. The molecular weight excluding hydrogens is 314 g/mol. The molecule has 1 rings (SSSR count). The van der Waals surface area contributed by atoms with Gasteiger partial charge in [0.05, 0.1) is 0 Å². The smallest absolute Gasteiger partial charge is 0.0183 e. The van der Waals surface area contributed by atoms with Crippen LogP contribution in [0.2, 0.25) is 0 Å². The molecule has 0 amide bonds. The average molecular weight is 366 g/mol. The molecule has 5 atom stereocenters. The average Bonchev–Trinajstić information content (AvgIpc) is 2.40. The summed E-state index contributed by atoms with van der Waals surface area (Å²) in [6, 6.07) is 1.27. The summed E-state index contributed by atoms with van der Waals surface area (Å²) in [6.45, 7) is 34.6. The van der Waals surface area contributed by atoms with Gasteiger partial charge in [0.1, 0.15) is 0 Å². The van der Waals surface area contributed by atoms with Crippen molar-refractivity contribution in [3.05, 3.63) is 0 Å². The van der Waals surface area contributed by atoms with Crippen LogP contribution in [0, 0.1) is 40.4 Å². The van der Waals surface area contributed by atoms with Gasteiger partial charge in [-0.25, -0.2) is 0 Å². The highest BCUT2D eigenvalue weighted by Crippen LogP contribution is 2.56. The van der Waals surface area contributed by atoms with Gasteiger partial charge in [-0.2, -0.15) is 0 Å². The van der Waals surface area contributed by atoms with Crippen molar-refractivity contribution in [2.24, 2.45) is 40.4 Å². The Bertz CT molecular complexity index is 440. The van der Waals surface area contributed by atoms with Gasteiger partial charge in [0.2, 0.25) is 0 Å². The Kier molecular flexibility index (Phi) is 7.17. The first-order chi connectivity index (χ1) is 11.5. The van der Waals surface area contributed by atoms with Gasteiger partial charge in [-0.3, -0.25) is 4.90 Å². The SMILES string of the molecule is CCC1C(C(C)(C)C)C(C(C)C)C(C(C)C)N(C(C)(C)C)C1C(C)(C)C. The minimum Gasteiger partial charge on any atom is -0.291 e. The number of piperidine rings is 1. The van der Waals surface area contributed by atoms with Gasteiger partial charge in [0.15, 0.2) is 0 Å². The molecule has 1 nitrogen and oxygen atoms in total. The summed E-state index contributed by atoms with van der Waals surface area (Å²) in [5.41, 5.74) is 0.819. The summed E-state index contributed by atoms with van der Waals surface area (Å²) >= 11 is 0. The van der Waals surface area contributed by atoms with Crippen molar-refractivity contribution in [1.29, 1.82) is 0 Å². The van der Waals surface area contributed by atoms with Crippen molar-refractivity contribution in [1.82, 2.24) is 4.90 Å². The lowest BCUT2D eigenvalue weighted by molar-refractivity contribution is -0.172. The van der Waals surface area contributed by atoms with Crippen LogP contribution >= 0.6 is 0 Å². The Hall–Kier alpha value is -0.0400. The van der Waals surface area contributed by atoms with Crippen LogP contribution in [0.25, 0.3) is 0 Å². The normalized spacial score (nSPS) is 32.5. The minimum atomic E-state index is 0.191. The van der Waals surface area contributed by atoms with Gasteiger partial charge in [0, 0.05) is 17.6 Å². The van der Waals surface area contributed by atoms with Crippen LogP contribution in [0.4, 0.5) is 0 Å². The Morgan fingerprint density at radius 1 is 0.731 bits per heavy atom. The van der Waals surface area contributed by atoms with E-state index in [0.29, 0.717) is 29.3 Å². The van der Waals surface area contributed by atoms with Crippen LogP contribution in [0.15, 0.2) is 0 Å². The second-order valence-electron chi connectivity index (χ2n) is 12.9. The number of nitrogens with zero attached hydrogens (tertiary/aromatic N) is 1. The van der Waals surface area contributed by atoms with E-state index in [9.17, 15) is 0 Å². The highest BCUT2D eigenvalue weighted by molar-refractivity contribution is 5.09. The molecule has 0 bridgehead atoms. The standard InChI is InChI=1S/C25H51N/c1-15-18-20(23(6,7)8)19(16(2)3)21(17(4)5)26(25(12,13)14)22(18)24(9,10)11/h16-22H,15H2,1-14H3. The molecule has 1 aliphatic rings. The molecule has 0 radical (unpaired) electrons. The Morgan fingerprint density at radius 2 is 1.19 bits per heavy atom. The molecule has 1 aliphatic heterocycles. The summed E-state index contributed by atoms with van der Waals surface area (Å²) in [5, 5.41) is 0. The Morgan fingerprint density at radius 3 is 1.42 bits per heavy atom. The Balaban J connectivity index is 3.79. The van der Waals surface area contributed by atoms with Gasteiger partial charge in [-0.1, -0.05) is 82.6 Å². The second kappa shape index (κ2) is 7.76. The van der Waals surface area contributed by atoms with Crippen molar-refractivity contribution in [3.8, 4) is 0 Å². The first-order valence-corrected chi connectivity index (χ1v) is 11.2. The highest BCUT2D eigenvalue weighted by atomic mass is 15.3. The minimum absolute atomic E-state index is 0.191. The van der Waals surface area contributed by atoms with Gasteiger partial charge in [-0.15, -0.1) is 0 Å². The number of likely N-dealkylation sites (tertiary alicyclic amines) is 1. The van der Waals surface area contributed by atoms with E-state index in [4.69, 9.17) is 0 Å². The van der Waals surface area contributed by atoms with Gasteiger partial charge in [-0.05, 0) is 61.2 Å². The molecule has 0 N–H and O–H groups in total. The zero-order valence-electron chi connectivity index (χ0n) is 20.7. The van der Waals surface area contributed by atoms with E-state index in [0.717, 1.165) is 17.8 Å². The molecular formula is C25H51N. The lowest BCUT2D eigenvalue weighted by Crippen LogP contribution is -2.70. The third-order valence-corrected chi connectivity index (χ3v) is 6.88. The van der Waals surface area contributed by atoms with Crippen LogP contribution in [0.5, 0.6) is 0 Å². The van der Waals surface area contributed by atoms with Gasteiger partial charge in [0.25, 0.3) is 0 Å². The molecule has 0 aromatic rings. The fourth-order valence-electron chi connectivity index (χ4n) is 6.47. The number of hydrogen-bond acceptors (Lipinski definition) is 1. The van der Waals surface area contributed by atoms with Crippen molar-refractivity contribution in [2.45, 2.75) is 121 Å². The van der Waals surface area contributed by atoms with E-state index in [1.165, 1.54) is 6.42 Å². The molecule has 5 unspecified atom stereocenters. The molecule has 0 spiro atoms. The molecule has 1 fully saturated rings. The molecule has 0 aromatic heterocycles. The van der Waals surface area contributed by atoms with Crippen molar-refractivity contribution >= 4 is 0 Å². The predicted molar refractivity (Wildman–Crippen MR) is 119 cm³/mol. The quantitative estimate of drug-likeness (QED) is 0.500. The second-order valence-corrected chi connectivity index (χ2v) is 12.9. The van der Waals surface area contributed by atoms with Crippen molar-refractivity contribution in [2.75, 3.05) is 0 Å². The third-order valence-electron chi connectivity index (χ3n) is 6.88. The summed E-state index contributed by atoms with van der Waals surface area (Å²) in [7, 11) is 0. The van der Waals surface area contributed by atoms with E-state index in [1.807, 2.05) is 0 Å². The molecule has 0 aromatic carbocycles. The molecule has 1 heterocycles. The van der Waals surface area contributed by atoms with Crippen LogP contribution in [-0.4, -0.2) is 22.5 Å². The van der Waals surface area contributed by atoms with Crippen LogP contribution in [0.1, 0.15) is 103 Å². The summed E-state index contributed by atoms with van der Waals surface area (Å²) < 4.78 is 0. The van der Waals surface area contributed by atoms with Crippen molar-refractivity contribution < 1.29 is 0 Å². The fourth-order valence-corrected chi connectivity index (χ4v) is 6.47. The number of rotatable bonds is 3. The van der Waals surface area contributed by atoms with E-state index in [1.54, 1.807) is 0 Å². The zero-order chi connectivity index (χ0) is 20.8. The molecule has 1 saturated heterocycles. The Labute approximate surface area is 166 Å². The van der Waals surface area contributed by atoms with Crippen LogP contribution in [-0.2, 0) is 0 Å². The molecule has 156 valence electrons. The van der Waals surface area contributed by atoms with Gasteiger partial charge >= 0.3 is 0 Å². The van der Waals surface area contributed by atoms with E-state index in [2.05, 4.69) is 102 Å². The monoisotopic (exact) mass is 365 g/mol. The van der Waals surface area contributed by atoms with Crippen molar-refractivity contribution in [3.63, 3.8) is 0 Å². The summed E-state index contributed by atoms with van der Waals surface area (Å²) in [4.78, 5) is 2.97. The third kappa shape index (κ3) is 4.68. The van der Waals surface area contributed by atoms with Gasteiger partial charge < -0.3 is 0 Å². The van der Waals surface area contributed by atoms with Crippen LogP contribution < -0.4 is 0 Å². The predicted octanol–water partition coefficient (Wildman–Crippen LogP) is 7.50. The zero-order valence-corrected chi connectivity index (χ0v) is 20.7. The summed E-state index contributed by atoms with van der Waals surface area (Å²) in [5.74, 6) is 3.65. The lowest BCUT2D eigenvalue weighted by atomic mass is 9.52. The first kappa shape index (κ1) is 24.0. The van der Waals surface area contributed by atoms with E-state index >= 15 is 0 Å². The first-order valence-electron chi connectivity index (χ1n) is 11.2. The topological polar surface area (TPSA) is 3.24 Å². The number of hydrogen-bond donors (Lipinski definition) is 0. The van der Waals surface area contributed by atoms with E-state index in [-0.39, 0.29) is 11.0 Å². The highest BCUT2D eigenvalue weighted by Gasteiger charge is 2.57. The molecule has 0 aliphatic carbocycles. The molecule has 26 heavy (non-hydrogen) atoms. The molecule has 1 heteroatoms. The molecule has 0 saturated carbocycles.